The molecule has 0 N–H and O–H groups in total. The van der Waals surface area contributed by atoms with Crippen LogP contribution in [0.25, 0.3) is 61.0 Å². The summed E-state index contributed by atoms with van der Waals surface area (Å²) in [6.07, 6.45) is 1.91. The Morgan fingerprint density at radius 3 is 1.75 bits per heavy atom. The zero-order valence-electron chi connectivity index (χ0n) is 44.6. The molecule has 0 aliphatic carbocycles. The van der Waals surface area contributed by atoms with E-state index in [-0.39, 0.29) is 22.7 Å². The molecular formula is C68H64F2N4O. The number of aromatic nitrogens is 2. The van der Waals surface area contributed by atoms with Gasteiger partial charge in [0.25, 0.3) is 0 Å². The van der Waals surface area contributed by atoms with Crippen molar-refractivity contribution >= 4 is 44.6 Å². The Morgan fingerprint density at radius 1 is 0.480 bits per heavy atom. The second kappa shape index (κ2) is 19.0. The first-order valence-electron chi connectivity index (χ1n) is 26.2. The van der Waals surface area contributed by atoms with Gasteiger partial charge in [-0.05, 0) is 134 Å². The normalized spacial score (nSPS) is 12.9. The summed E-state index contributed by atoms with van der Waals surface area (Å²) in [6.45, 7) is 22.7. The van der Waals surface area contributed by atoms with Crippen LogP contribution in [0, 0.1) is 11.6 Å². The van der Waals surface area contributed by atoms with Crippen molar-refractivity contribution in [2.24, 2.45) is 0 Å². The fourth-order valence-corrected chi connectivity index (χ4v) is 10.7. The van der Waals surface area contributed by atoms with E-state index in [2.05, 4.69) is 229 Å². The van der Waals surface area contributed by atoms with Crippen molar-refractivity contribution in [3.05, 3.63) is 216 Å². The van der Waals surface area contributed by atoms with E-state index in [1.807, 2.05) is 18.3 Å². The fourth-order valence-electron chi connectivity index (χ4n) is 10.7. The summed E-state index contributed by atoms with van der Waals surface area (Å²) in [4.78, 5) is 9.56. The minimum atomic E-state index is -0.624. The van der Waals surface area contributed by atoms with Crippen molar-refractivity contribution in [1.82, 2.24) is 9.55 Å². The van der Waals surface area contributed by atoms with E-state index in [1.54, 1.807) is 0 Å². The average Bonchev–Trinajstić information content (AvgIpc) is 3.94. The molecular weight excluding hydrogens is 927 g/mol. The molecule has 1 aliphatic heterocycles. The first-order chi connectivity index (χ1) is 35.9. The number of halogens is 2. The topological polar surface area (TPSA) is 33.5 Å². The number of ether oxygens (including phenoxy) is 1. The second-order valence-electron chi connectivity index (χ2n) is 22.9. The van der Waals surface area contributed by atoms with Crippen molar-refractivity contribution in [3.63, 3.8) is 0 Å². The van der Waals surface area contributed by atoms with E-state index < -0.39 is 11.6 Å². The third-order valence-corrected chi connectivity index (χ3v) is 14.9. The summed E-state index contributed by atoms with van der Waals surface area (Å²) >= 11 is 0. The summed E-state index contributed by atoms with van der Waals surface area (Å²) in [5.74, 6) is 1.55. The molecule has 0 radical (unpaired) electrons. The number of pyridine rings is 1. The lowest BCUT2D eigenvalue weighted by atomic mass is 9.86. The first-order valence-corrected chi connectivity index (χ1v) is 26.2. The highest BCUT2D eigenvalue weighted by Crippen LogP contribution is 2.52. The molecule has 376 valence electrons. The van der Waals surface area contributed by atoms with Gasteiger partial charge in [0.2, 0.25) is 0 Å². The molecule has 1 aliphatic rings. The Bertz CT molecular complexity index is 3750. The van der Waals surface area contributed by atoms with Crippen molar-refractivity contribution < 1.29 is 13.5 Å². The van der Waals surface area contributed by atoms with Gasteiger partial charge >= 0.3 is 0 Å². The fraction of sp³-hybridized carbons (Fsp3) is 0.221. The summed E-state index contributed by atoms with van der Waals surface area (Å²) in [5, 5.41) is 2.25. The van der Waals surface area contributed by atoms with Crippen molar-refractivity contribution in [1.29, 1.82) is 0 Å². The van der Waals surface area contributed by atoms with Crippen molar-refractivity contribution in [2.45, 2.75) is 91.9 Å². The van der Waals surface area contributed by atoms with Gasteiger partial charge in [0.15, 0.2) is 0 Å². The van der Waals surface area contributed by atoms with E-state index in [9.17, 15) is 0 Å². The highest BCUT2D eigenvalue weighted by atomic mass is 19.1. The van der Waals surface area contributed by atoms with Gasteiger partial charge in [-0.25, -0.2) is 13.8 Å². The first kappa shape index (κ1) is 49.2. The third-order valence-electron chi connectivity index (χ3n) is 14.9. The highest BCUT2D eigenvalue weighted by molar-refractivity contribution is 6.09. The lowest BCUT2D eigenvalue weighted by Crippen LogP contribution is -2.25. The SMILES string of the molecule is CC(C)c1cc(-c2cccc(-c3cc(F)cc(F)c3)c2N2CN(c3cc(Oc4ccc5c6ccccc6n(-c6cc(C(C)(C)C)ccn6)c5c4)cc(-c4ccc(C(C)(C)C)cc4)c3)c3ccccc32)cc(C(C)C)c1. The van der Waals surface area contributed by atoms with Crippen LogP contribution < -0.4 is 14.5 Å². The van der Waals surface area contributed by atoms with Gasteiger partial charge < -0.3 is 14.5 Å². The maximum atomic E-state index is 15.3. The summed E-state index contributed by atoms with van der Waals surface area (Å²) in [6, 6.07) is 59.7. The van der Waals surface area contributed by atoms with Crippen LogP contribution in [-0.4, -0.2) is 16.2 Å². The van der Waals surface area contributed by atoms with Crippen LogP contribution in [0.5, 0.6) is 11.5 Å². The standard InChI is InChI=1S/C68H64F2N4O/c1-42(2)45-30-46(43(3)4)32-48(31-45)57-17-15-18-58(49-33-52(69)38-53(70)34-49)66(57)73-41-72(62-20-13-14-21-63(62)73)54-35-47(44-22-24-50(25-23-44)67(5,6)7)36-56(39-54)75-55-26-27-60-59-16-11-12-19-61(59)74(64(60)40-55)65-37-51(28-29-71-65)68(8,9)10/h11-40,42-43H,41H2,1-10H3. The Morgan fingerprint density at radius 2 is 1.09 bits per heavy atom. The van der Waals surface area contributed by atoms with E-state index in [4.69, 9.17) is 9.72 Å². The van der Waals surface area contributed by atoms with Crippen LogP contribution in [0.2, 0.25) is 0 Å². The Hall–Kier alpha value is -8.03. The zero-order chi connectivity index (χ0) is 52.5. The molecule has 11 rings (SSSR count). The summed E-state index contributed by atoms with van der Waals surface area (Å²) in [5.41, 5.74) is 16.0. The molecule has 7 heteroatoms. The van der Waals surface area contributed by atoms with Gasteiger partial charge in [0.1, 0.15) is 35.6 Å². The molecule has 0 fully saturated rings. The van der Waals surface area contributed by atoms with E-state index in [1.165, 1.54) is 34.4 Å². The van der Waals surface area contributed by atoms with Gasteiger partial charge in [0, 0.05) is 52.0 Å². The largest absolute Gasteiger partial charge is 0.457 e. The summed E-state index contributed by atoms with van der Waals surface area (Å²) in [7, 11) is 0. The Kier molecular flexibility index (Phi) is 12.5. The number of fused-ring (bicyclic) bond motifs is 4. The second-order valence-corrected chi connectivity index (χ2v) is 22.9. The molecule has 8 aromatic carbocycles. The lowest BCUT2D eigenvalue weighted by Gasteiger charge is -2.28. The van der Waals surface area contributed by atoms with Crippen LogP contribution >= 0.6 is 0 Å². The molecule has 0 atom stereocenters. The third kappa shape index (κ3) is 9.46. The number of nitrogens with zero attached hydrogens (tertiary/aromatic N) is 4. The van der Waals surface area contributed by atoms with Crippen molar-refractivity contribution in [2.75, 3.05) is 16.5 Å². The van der Waals surface area contributed by atoms with Gasteiger partial charge in [-0.3, -0.25) is 4.57 Å². The highest BCUT2D eigenvalue weighted by Gasteiger charge is 2.32. The smallest absolute Gasteiger partial charge is 0.137 e. The Balaban J connectivity index is 1.07. The predicted octanol–water partition coefficient (Wildman–Crippen LogP) is 19.3. The van der Waals surface area contributed by atoms with Crippen LogP contribution in [-0.2, 0) is 10.8 Å². The molecule has 2 aromatic heterocycles. The molecule has 5 nitrogen and oxygen atoms in total. The van der Waals surface area contributed by atoms with E-state index in [0.29, 0.717) is 23.7 Å². The van der Waals surface area contributed by atoms with E-state index in [0.717, 1.165) is 84.3 Å². The van der Waals surface area contributed by atoms with E-state index >= 15 is 8.78 Å². The van der Waals surface area contributed by atoms with Crippen molar-refractivity contribution in [3.8, 4) is 50.7 Å². The van der Waals surface area contributed by atoms with Gasteiger partial charge in [-0.1, -0.05) is 160 Å². The maximum Gasteiger partial charge on any atom is 0.137 e. The molecule has 0 bridgehead atoms. The average molecular weight is 991 g/mol. The molecule has 0 saturated carbocycles. The number of hydrogen-bond acceptors (Lipinski definition) is 4. The molecule has 75 heavy (non-hydrogen) atoms. The molecule has 3 heterocycles. The van der Waals surface area contributed by atoms with Crippen LogP contribution in [0.1, 0.15) is 103 Å². The summed E-state index contributed by atoms with van der Waals surface area (Å²) < 4.78 is 39.9. The van der Waals surface area contributed by atoms with Gasteiger partial charge in [0.05, 0.1) is 28.1 Å². The Labute approximate surface area is 440 Å². The minimum absolute atomic E-state index is 0.0129. The minimum Gasteiger partial charge on any atom is -0.457 e. The molecule has 0 spiro atoms. The molecule has 10 aromatic rings. The predicted molar refractivity (Wildman–Crippen MR) is 309 cm³/mol. The maximum absolute atomic E-state index is 15.3. The molecule has 0 unspecified atom stereocenters. The van der Waals surface area contributed by atoms with Crippen LogP contribution in [0.15, 0.2) is 182 Å². The monoisotopic (exact) mass is 991 g/mol. The van der Waals surface area contributed by atoms with Gasteiger partial charge in [-0.2, -0.15) is 0 Å². The number of rotatable bonds is 10. The number of para-hydroxylation sites is 4. The molecule has 0 amide bonds. The lowest BCUT2D eigenvalue weighted by molar-refractivity contribution is 0.483. The zero-order valence-corrected chi connectivity index (χ0v) is 44.6. The quantitative estimate of drug-likeness (QED) is 0.137. The number of hydrogen-bond donors (Lipinski definition) is 0. The molecule has 0 saturated heterocycles. The van der Waals surface area contributed by atoms with Crippen LogP contribution in [0.4, 0.5) is 31.5 Å². The van der Waals surface area contributed by atoms with Crippen LogP contribution in [0.3, 0.4) is 0 Å². The number of benzene rings is 8. The van der Waals surface area contributed by atoms with Gasteiger partial charge in [-0.15, -0.1) is 0 Å². The number of anilines is 4.